The molecule has 10 heteroatoms. The molecule has 3 amide bonds. The predicted octanol–water partition coefficient (Wildman–Crippen LogP) is 4.15. The number of benzene rings is 2. The quantitative estimate of drug-likeness (QED) is 0.293. The number of carbonyl (C=O) groups excluding carboxylic acids is 3. The molecule has 3 N–H and O–H groups in total. The number of fused-ring (bicyclic) bond motifs is 4. The van der Waals surface area contributed by atoms with Crippen LogP contribution in [0.3, 0.4) is 0 Å². The molecule has 40 heavy (non-hydrogen) atoms. The molecule has 2 aliphatic rings. The van der Waals surface area contributed by atoms with E-state index in [0.29, 0.717) is 19.3 Å². The van der Waals surface area contributed by atoms with E-state index >= 15 is 0 Å². The molecule has 0 spiro atoms. The molecule has 4 heterocycles. The summed E-state index contributed by atoms with van der Waals surface area (Å²) in [5, 5.41) is 15.4. The Labute approximate surface area is 238 Å². The summed E-state index contributed by atoms with van der Waals surface area (Å²) in [4.78, 5) is 55.8. The monoisotopic (exact) mass is 573 g/mol. The Morgan fingerprint density at radius 2 is 1.75 bits per heavy atom. The Bertz CT molecular complexity index is 1580. The van der Waals surface area contributed by atoms with Crippen LogP contribution in [0.4, 0.5) is 0 Å². The van der Waals surface area contributed by atoms with Gasteiger partial charge in [0.25, 0.3) is 0 Å². The van der Waals surface area contributed by atoms with Gasteiger partial charge in [0, 0.05) is 38.6 Å². The molecule has 8 nitrogen and oxygen atoms in total. The van der Waals surface area contributed by atoms with Crippen molar-refractivity contribution in [2.75, 3.05) is 6.54 Å². The number of carbonyl (C=O) groups is 4. The number of hydrogen-bond acceptors (Lipinski definition) is 6. The molecule has 204 valence electrons. The second-order valence-corrected chi connectivity index (χ2v) is 12.3. The van der Waals surface area contributed by atoms with Gasteiger partial charge in [-0.15, -0.1) is 22.7 Å². The Balaban J connectivity index is 1.27. The highest BCUT2D eigenvalue weighted by Gasteiger charge is 2.46. The van der Waals surface area contributed by atoms with Crippen molar-refractivity contribution >= 4 is 56.5 Å². The first-order chi connectivity index (χ1) is 19.4. The maximum Gasteiger partial charge on any atom is 0.322 e. The minimum absolute atomic E-state index is 0.0671. The molecule has 0 aliphatic carbocycles. The summed E-state index contributed by atoms with van der Waals surface area (Å²) >= 11 is 3.42. The summed E-state index contributed by atoms with van der Waals surface area (Å²) in [7, 11) is 0. The average Bonchev–Trinajstić information content (AvgIpc) is 3.67. The van der Waals surface area contributed by atoms with E-state index in [0.717, 1.165) is 25.8 Å². The number of aliphatic carboxylic acids is 1. The molecule has 0 bridgehead atoms. The Kier molecular flexibility index (Phi) is 7.12. The summed E-state index contributed by atoms with van der Waals surface area (Å²) in [6.45, 7) is -0.547. The first kappa shape index (κ1) is 26.2. The summed E-state index contributed by atoms with van der Waals surface area (Å²) in [6, 6.07) is 19.9. The molecule has 1 fully saturated rings. The fraction of sp³-hybridized carbons (Fsp3) is 0.267. The lowest BCUT2D eigenvalue weighted by molar-refractivity contribution is -0.141. The molecule has 4 aromatic rings. The van der Waals surface area contributed by atoms with E-state index in [1.165, 1.54) is 10.1 Å². The highest BCUT2D eigenvalue weighted by molar-refractivity contribution is 7.26. The van der Waals surface area contributed by atoms with Crippen LogP contribution in [0, 0.1) is 0 Å². The number of nitrogens with zero attached hydrogens (tertiary/aromatic N) is 1. The fourth-order valence-corrected chi connectivity index (χ4v) is 8.06. The van der Waals surface area contributed by atoms with E-state index in [4.69, 9.17) is 5.11 Å². The molecule has 0 saturated carbocycles. The van der Waals surface area contributed by atoms with Gasteiger partial charge in [-0.1, -0.05) is 48.5 Å². The van der Waals surface area contributed by atoms with Crippen molar-refractivity contribution in [1.29, 1.82) is 0 Å². The van der Waals surface area contributed by atoms with E-state index < -0.39 is 36.4 Å². The third-order valence-corrected chi connectivity index (χ3v) is 10.0. The van der Waals surface area contributed by atoms with Crippen LogP contribution in [-0.4, -0.2) is 52.3 Å². The van der Waals surface area contributed by atoms with Crippen LogP contribution in [0.5, 0.6) is 0 Å². The lowest BCUT2D eigenvalue weighted by Gasteiger charge is -2.37. The second kappa shape index (κ2) is 10.9. The van der Waals surface area contributed by atoms with Gasteiger partial charge in [0.05, 0.1) is 6.04 Å². The minimum Gasteiger partial charge on any atom is -0.480 e. The molecule has 0 radical (unpaired) electrons. The minimum atomic E-state index is -1.17. The van der Waals surface area contributed by atoms with Crippen LogP contribution >= 0.6 is 22.7 Å². The maximum atomic E-state index is 13.7. The zero-order valence-electron chi connectivity index (χ0n) is 21.5. The number of thiophene rings is 2. The van der Waals surface area contributed by atoms with Crippen molar-refractivity contribution in [3.63, 3.8) is 0 Å². The van der Waals surface area contributed by atoms with Crippen molar-refractivity contribution in [3.05, 3.63) is 82.7 Å². The number of nitrogens with one attached hydrogen (secondary N) is 2. The van der Waals surface area contributed by atoms with Gasteiger partial charge in [0.15, 0.2) is 0 Å². The van der Waals surface area contributed by atoms with E-state index in [1.807, 2.05) is 42.5 Å². The van der Waals surface area contributed by atoms with Gasteiger partial charge in [-0.05, 0) is 41.1 Å². The number of amides is 3. The van der Waals surface area contributed by atoms with Gasteiger partial charge in [0.2, 0.25) is 17.7 Å². The van der Waals surface area contributed by atoms with E-state index in [9.17, 15) is 19.2 Å². The summed E-state index contributed by atoms with van der Waals surface area (Å²) < 4.78 is 1.21. The smallest absolute Gasteiger partial charge is 0.322 e. The average molecular weight is 574 g/mol. The molecule has 1 saturated heterocycles. The highest BCUT2D eigenvalue weighted by atomic mass is 32.1. The van der Waals surface area contributed by atoms with Crippen LogP contribution in [0.1, 0.15) is 34.9 Å². The highest BCUT2D eigenvalue weighted by Crippen LogP contribution is 2.48. The topological polar surface area (TPSA) is 116 Å². The fourth-order valence-electron chi connectivity index (χ4n) is 5.60. The number of carboxylic acid groups (broad SMARTS) is 1. The first-order valence-electron chi connectivity index (χ1n) is 13.1. The molecule has 6 rings (SSSR count). The first-order valence-corrected chi connectivity index (χ1v) is 14.8. The normalized spacial score (nSPS) is 18.7. The van der Waals surface area contributed by atoms with Crippen LogP contribution < -0.4 is 10.6 Å². The van der Waals surface area contributed by atoms with Gasteiger partial charge in [-0.3, -0.25) is 19.2 Å². The second-order valence-electron chi connectivity index (χ2n) is 10.1. The Morgan fingerprint density at radius 3 is 2.52 bits per heavy atom. The molecular weight excluding hydrogens is 546 g/mol. The standard InChI is InChI=1S/C30H27N3O5S2/c34-26-11-10-21-28-19(15-25(40-28)24-14-18-8-4-5-9-23(18)39-24)13-22(33(21)26)30(38)32-20(29(37)31-16-27(35)36)12-17-6-2-1-3-7-17/h1-9,14-15,20-22H,10-13,16H2,(H,31,37)(H,32,38)(H,35,36)/t20-,21+,22-/m0/s1. The molecule has 2 aromatic carbocycles. The van der Waals surface area contributed by atoms with Crippen LogP contribution in [0.15, 0.2) is 66.7 Å². The SMILES string of the molecule is O=C(O)CNC(=O)[C@H](Cc1ccccc1)NC(=O)[C@@H]1Cc2cc(-c3cc4ccccc4s3)sc2[C@H]2CCC(=O)N21. The van der Waals surface area contributed by atoms with Gasteiger partial charge in [0.1, 0.15) is 18.6 Å². The largest absolute Gasteiger partial charge is 0.480 e. The molecule has 3 atom stereocenters. The van der Waals surface area contributed by atoms with E-state index in [-0.39, 0.29) is 18.4 Å². The third kappa shape index (κ3) is 5.12. The zero-order chi connectivity index (χ0) is 27.8. The van der Waals surface area contributed by atoms with Crippen molar-refractivity contribution in [2.45, 2.75) is 43.8 Å². The van der Waals surface area contributed by atoms with Crippen molar-refractivity contribution in [2.24, 2.45) is 0 Å². The molecular formula is C30H27N3O5S2. The summed E-state index contributed by atoms with van der Waals surface area (Å²) in [5.41, 5.74) is 1.88. The summed E-state index contributed by atoms with van der Waals surface area (Å²) in [5.74, 6) is -2.23. The van der Waals surface area contributed by atoms with Crippen molar-refractivity contribution < 1.29 is 24.3 Å². The van der Waals surface area contributed by atoms with Crippen LogP contribution in [-0.2, 0) is 32.0 Å². The number of hydrogen-bond donors (Lipinski definition) is 3. The summed E-state index contributed by atoms with van der Waals surface area (Å²) in [6.07, 6.45) is 1.58. The Hall–Kier alpha value is -4.02. The van der Waals surface area contributed by atoms with Gasteiger partial charge in [-0.25, -0.2) is 0 Å². The lowest BCUT2D eigenvalue weighted by atomic mass is 9.94. The van der Waals surface area contributed by atoms with Gasteiger partial charge in [-0.2, -0.15) is 0 Å². The molecule has 2 aromatic heterocycles. The van der Waals surface area contributed by atoms with Gasteiger partial charge >= 0.3 is 5.97 Å². The van der Waals surface area contributed by atoms with E-state index in [1.54, 1.807) is 27.6 Å². The van der Waals surface area contributed by atoms with Crippen molar-refractivity contribution in [1.82, 2.24) is 15.5 Å². The van der Waals surface area contributed by atoms with Gasteiger partial charge < -0.3 is 20.6 Å². The number of carboxylic acids is 1. The Morgan fingerprint density at radius 1 is 1.00 bits per heavy atom. The lowest BCUT2D eigenvalue weighted by Crippen LogP contribution is -2.57. The molecule has 0 unspecified atom stereocenters. The number of rotatable bonds is 8. The van der Waals surface area contributed by atoms with Crippen molar-refractivity contribution in [3.8, 4) is 9.75 Å². The molecule has 2 aliphatic heterocycles. The zero-order valence-corrected chi connectivity index (χ0v) is 23.1. The predicted molar refractivity (Wildman–Crippen MR) is 154 cm³/mol. The van der Waals surface area contributed by atoms with E-state index in [2.05, 4.69) is 34.9 Å². The van der Waals surface area contributed by atoms with Crippen LogP contribution in [0.25, 0.3) is 19.8 Å². The van der Waals surface area contributed by atoms with Crippen LogP contribution in [0.2, 0.25) is 0 Å². The maximum absolute atomic E-state index is 13.7. The third-order valence-electron chi connectivity index (χ3n) is 7.45.